The van der Waals surface area contributed by atoms with Crippen molar-refractivity contribution in [3.8, 4) is 0 Å². The van der Waals surface area contributed by atoms with Crippen LogP contribution in [0.3, 0.4) is 0 Å². The molecule has 1 saturated heterocycles. The number of likely N-dealkylation sites (N-methyl/N-ethyl adjacent to an activating group) is 2. The Morgan fingerprint density at radius 2 is 2.00 bits per heavy atom. The van der Waals surface area contributed by atoms with Crippen LogP contribution in [-0.2, 0) is 9.53 Å². The van der Waals surface area contributed by atoms with Crippen LogP contribution in [-0.4, -0.2) is 68.2 Å². The lowest BCUT2D eigenvalue weighted by molar-refractivity contribution is -0.137. The first-order valence-electron chi connectivity index (χ1n) is 6.72. The first kappa shape index (κ1) is 13.8. The van der Waals surface area contributed by atoms with E-state index in [1.165, 1.54) is 19.3 Å². The number of hydrogen-bond donors (Lipinski definition) is 1. The van der Waals surface area contributed by atoms with Gasteiger partial charge in [0.1, 0.15) is 0 Å². The number of amides is 1. The van der Waals surface area contributed by atoms with Crippen molar-refractivity contribution in [3.63, 3.8) is 0 Å². The maximum Gasteiger partial charge on any atom is 0.229 e. The SMILES string of the molecule is CN(CC1(N(C)C)CCC1)C(=O)C1COCC1N. The van der Waals surface area contributed by atoms with Crippen LogP contribution >= 0.6 is 0 Å². The topological polar surface area (TPSA) is 58.8 Å². The Morgan fingerprint density at radius 3 is 2.39 bits per heavy atom. The summed E-state index contributed by atoms with van der Waals surface area (Å²) in [5.74, 6) is -0.0255. The van der Waals surface area contributed by atoms with E-state index in [2.05, 4.69) is 19.0 Å². The Kier molecular flexibility index (Phi) is 3.94. The summed E-state index contributed by atoms with van der Waals surface area (Å²) >= 11 is 0. The summed E-state index contributed by atoms with van der Waals surface area (Å²) in [6, 6.07) is -0.142. The molecule has 0 spiro atoms. The normalized spacial score (nSPS) is 30.3. The summed E-state index contributed by atoms with van der Waals surface area (Å²) in [5.41, 5.74) is 6.08. The molecular weight excluding hydrogens is 230 g/mol. The van der Waals surface area contributed by atoms with Gasteiger partial charge in [0.25, 0.3) is 0 Å². The van der Waals surface area contributed by atoms with Crippen LogP contribution in [0.2, 0.25) is 0 Å². The molecule has 2 unspecified atom stereocenters. The number of carbonyl (C=O) groups is 1. The molecule has 0 bridgehead atoms. The van der Waals surface area contributed by atoms with Crippen LogP contribution < -0.4 is 5.73 Å². The molecule has 1 heterocycles. The zero-order chi connectivity index (χ0) is 13.3. The van der Waals surface area contributed by atoms with Gasteiger partial charge in [0.15, 0.2) is 0 Å². The zero-order valence-corrected chi connectivity index (χ0v) is 11.7. The lowest BCUT2D eigenvalue weighted by atomic mass is 9.75. The maximum atomic E-state index is 12.3. The summed E-state index contributed by atoms with van der Waals surface area (Å²) in [7, 11) is 6.08. The van der Waals surface area contributed by atoms with Crippen molar-refractivity contribution >= 4 is 5.91 Å². The molecule has 104 valence electrons. The smallest absolute Gasteiger partial charge is 0.229 e. The minimum absolute atomic E-state index is 0.133. The molecule has 0 aromatic carbocycles. The minimum Gasteiger partial charge on any atom is -0.379 e. The number of hydrogen-bond acceptors (Lipinski definition) is 4. The molecule has 2 aliphatic rings. The van der Waals surface area contributed by atoms with Crippen molar-refractivity contribution in [2.75, 3.05) is 40.9 Å². The fourth-order valence-corrected chi connectivity index (χ4v) is 2.96. The molecule has 1 aliphatic carbocycles. The molecule has 1 aliphatic heterocycles. The van der Waals surface area contributed by atoms with Gasteiger partial charge >= 0.3 is 0 Å². The van der Waals surface area contributed by atoms with Gasteiger partial charge in [-0.2, -0.15) is 0 Å². The van der Waals surface area contributed by atoms with E-state index in [1.54, 1.807) is 0 Å². The van der Waals surface area contributed by atoms with Crippen molar-refractivity contribution in [2.45, 2.75) is 30.8 Å². The molecule has 2 atom stereocenters. The Hall–Kier alpha value is -0.650. The molecule has 1 amide bonds. The van der Waals surface area contributed by atoms with Crippen molar-refractivity contribution in [2.24, 2.45) is 11.7 Å². The Bertz CT molecular complexity index is 315. The fourth-order valence-electron chi connectivity index (χ4n) is 2.96. The Labute approximate surface area is 109 Å². The highest BCUT2D eigenvalue weighted by atomic mass is 16.5. The van der Waals surface area contributed by atoms with Gasteiger partial charge in [0, 0.05) is 25.2 Å². The second-order valence-electron chi connectivity index (χ2n) is 5.97. The van der Waals surface area contributed by atoms with Crippen molar-refractivity contribution < 1.29 is 9.53 Å². The third-order valence-corrected chi connectivity index (χ3v) is 4.58. The molecule has 2 fully saturated rings. The van der Waals surface area contributed by atoms with Crippen molar-refractivity contribution in [3.05, 3.63) is 0 Å². The summed E-state index contributed by atoms with van der Waals surface area (Å²) in [4.78, 5) is 16.4. The number of ether oxygens (including phenoxy) is 1. The molecule has 2 N–H and O–H groups in total. The predicted octanol–water partition coefficient (Wildman–Crippen LogP) is -0.0972. The van der Waals surface area contributed by atoms with Crippen LogP contribution in [0, 0.1) is 5.92 Å². The van der Waals surface area contributed by atoms with E-state index in [0.29, 0.717) is 13.2 Å². The molecule has 0 radical (unpaired) electrons. The fraction of sp³-hybridized carbons (Fsp3) is 0.923. The van der Waals surface area contributed by atoms with Crippen LogP contribution in [0.15, 0.2) is 0 Å². The van der Waals surface area contributed by atoms with Crippen LogP contribution in [0.4, 0.5) is 0 Å². The van der Waals surface area contributed by atoms with Gasteiger partial charge < -0.3 is 20.3 Å². The van der Waals surface area contributed by atoms with Gasteiger partial charge in [0.2, 0.25) is 5.91 Å². The zero-order valence-electron chi connectivity index (χ0n) is 11.7. The molecule has 1 saturated carbocycles. The molecular formula is C13H25N3O2. The van der Waals surface area contributed by atoms with Gasteiger partial charge in [-0.15, -0.1) is 0 Å². The largest absolute Gasteiger partial charge is 0.379 e. The monoisotopic (exact) mass is 255 g/mol. The molecule has 2 rings (SSSR count). The van der Waals surface area contributed by atoms with Gasteiger partial charge in [-0.3, -0.25) is 4.79 Å². The van der Waals surface area contributed by atoms with E-state index in [0.717, 1.165) is 6.54 Å². The predicted molar refractivity (Wildman–Crippen MR) is 70.2 cm³/mol. The third kappa shape index (κ3) is 2.39. The summed E-state index contributed by atoms with van der Waals surface area (Å²) in [6.45, 7) is 1.77. The molecule has 5 heteroatoms. The lowest BCUT2D eigenvalue weighted by Crippen LogP contribution is -2.58. The average molecular weight is 255 g/mol. The second kappa shape index (κ2) is 5.15. The highest BCUT2D eigenvalue weighted by Crippen LogP contribution is 2.36. The highest BCUT2D eigenvalue weighted by Gasteiger charge is 2.42. The Morgan fingerprint density at radius 1 is 1.33 bits per heavy atom. The van der Waals surface area contributed by atoms with E-state index in [9.17, 15) is 4.79 Å². The summed E-state index contributed by atoms with van der Waals surface area (Å²) in [5, 5.41) is 0. The summed E-state index contributed by atoms with van der Waals surface area (Å²) in [6.07, 6.45) is 3.60. The van der Waals surface area contributed by atoms with Crippen LogP contribution in [0.1, 0.15) is 19.3 Å². The van der Waals surface area contributed by atoms with E-state index >= 15 is 0 Å². The van der Waals surface area contributed by atoms with Crippen LogP contribution in [0.5, 0.6) is 0 Å². The van der Waals surface area contributed by atoms with Gasteiger partial charge in [0.05, 0.1) is 19.1 Å². The van der Waals surface area contributed by atoms with Gasteiger partial charge in [-0.05, 0) is 33.4 Å². The molecule has 5 nitrogen and oxygen atoms in total. The average Bonchev–Trinajstić information content (AvgIpc) is 2.67. The number of rotatable bonds is 4. The third-order valence-electron chi connectivity index (χ3n) is 4.58. The second-order valence-corrected chi connectivity index (χ2v) is 5.97. The lowest BCUT2D eigenvalue weighted by Gasteiger charge is -2.49. The van der Waals surface area contributed by atoms with Gasteiger partial charge in [-0.25, -0.2) is 0 Å². The Balaban J connectivity index is 1.95. The van der Waals surface area contributed by atoms with Crippen molar-refractivity contribution in [1.29, 1.82) is 0 Å². The van der Waals surface area contributed by atoms with Crippen molar-refractivity contribution in [1.82, 2.24) is 9.80 Å². The van der Waals surface area contributed by atoms with E-state index in [4.69, 9.17) is 10.5 Å². The molecule has 18 heavy (non-hydrogen) atoms. The van der Waals surface area contributed by atoms with E-state index in [1.807, 2.05) is 11.9 Å². The number of carbonyl (C=O) groups excluding carboxylic acids is 1. The van der Waals surface area contributed by atoms with Gasteiger partial charge in [-0.1, -0.05) is 0 Å². The van der Waals surface area contributed by atoms with E-state index < -0.39 is 0 Å². The first-order valence-corrected chi connectivity index (χ1v) is 6.72. The summed E-state index contributed by atoms with van der Waals surface area (Å²) < 4.78 is 5.28. The number of nitrogens with two attached hydrogens (primary N) is 1. The minimum atomic E-state index is -0.158. The van der Waals surface area contributed by atoms with Crippen LogP contribution in [0.25, 0.3) is 0 Å². The number of nitrogens with zero attached hydrogens (tertiary/aromatic N) is 2. The highest BCUT2D eigenvalue weighted by molar-refractivity contribution is 5.79. The molecule has 0 aromatic rings. The standard InChI is InChI=1S/C13H25N3O2/c1-15(2)13(5-4-6-13)9-16(3)12(17)10-7-18-8-11(10)14/h10-11H,4-9,14H2,1-3H3. The quantitative estimate of drug-likeness (QED) is 0.762. The molecule has 0 aromatic heterocycles. The first-order chi connectivity index (χ1) is 8.46. The van der Waals surface area contributed by atoms with E-state index in [-0.39, 0.29) is 23.4 Å². The maximum absolute atomic E-state index is 12.3.